The molecule has 0 radical (unpaired) electrons. The molecule has 3 aromatic heterocycles. The van der Waals surface area contributed by atoms with Crippen molar-refractivity contribution in [3.05, 3.63) is 23.3 Å². The first kappa shape index (κ1) is 9.49. The molecule has 1 N–H and O–H groups in total. The van der Waals surface area contributed by atoms with E-state index < -0.39 is 5.97 Å². The van der Waals surface area contributed by atoms with Crippen molar-refractivity contribution in [2.45, 2.75) is 0 Å². The van der Waals surface area contributed by atoms with E-state index in [2.05, 4.69) is 10.1 Å². The van der Waals surface area contributed by atoms with Crippen LogP contribution in [0.25, 0.3) is 20.2 Å². The molecule has 0 amide bonds. The average molecular weight is 252 g/mol. The van der Waals surface area contributed by atoms with Crippen molar-refractivity contribution >= 4 is 38.0 Å². The summed E-state index contributed by atoms with van der Waals surface area (Å²) in [4.78, 5) is 15.2. The van der Waals surface area contributed by atoms with Crippen molar-refractivity contribution in [1.82, 2.24) is 10.1 Å². The Hall–Kier alpha value is -1.73. The molecule has 0 aliphatic rings. The third-order valence-corrected chi connectivity index (χ3v) is 4.05. The van der Waals surface area contributed by atoms with E-state index in [1.807, 2.05) is 17.5 Å². The third-order valence-electron chi connectivity index (χ3n) is 1.97. The normalized spacial score (nSPS) is 11.0. The van der Waals surface area contributed by atoms with E-state index in [0.717, 1.165) is 14.3 Å². The summed E-state index contributed by atoms with van der Waals surface area (Å²) in [6.45, 7) is 0. The van der Waals surface area contributed by atoms with Crippen LogP contribution < -0.4 is 0 Å². The van der Waals surface area contributed by atoms with E-state index in [4.69, 9.17) is 9.63 Å². The molecule has 7 heteroatoms. The molecule has 0 bridgehead atoms. The highest BCUT2D eigenvalue weighted by Crippen LogP contribution is 2.35. The van der Waals surface area contributed by atoms with E-state index in [9.17, 15) is 4.79 Å². The van der Waals surface area contributed by atoms with Crippen LogP contribution in [0.15, 0.2) is 22.0 Å². The first-order chi connectivity index (χ1) is 7.74. The molecule has 3 aromatic rings. The van der Waals surface area contributed by atoms with Crippen LogP contribution in [0.5, 0.6) is 0 Å². The van der Waals surface area contributed by atoms with Gasteiger partial charge >= 0.3 is 5.97 Å². The lowest BCUT2D eigenvalue weighted by atomic mass is 10.4. The molecular formula is C9H4N2O3S2. The number of fused-ring (bicyclic) bond motifs is 1. The van der Waals surface area contributed by atoms with Gasteiger partial charge in [0.05, 0.1) is 4.88 Å². The van der Waals surface area contributed by atoms with Crippen LogP contribution in [0, 0.1) is 0 Å². The minimum absolute atomic E-state index is 0.255. The standard InChI is InChI=1S/C9H4N2O3S2/c12-9(13)7-10-8(14-11-7)6-3-5-4(16-6)1-2-15-5/h1-3H,(H,12,13). The Morgan fingerprint density at radius 1 is 1.44 bits per heavy atom. The zero-order valence-corrected chi connectivity index (χ0v) is 9.34. The van der Waals surface area contributed by atoms with Crippen LogP contribution in [0.4, 0.5) is 0 Å². The van der Waals surface area contributed by atoms with E-state index in [1.165, 1.54) is 11.3 Å². The molecule has 80 valence electrons. The maximum absolute atomic E-state index is 10.6. The zero-order valence-electron chi connectivity index (χ0n) is 7.71. The number of rotatable bonds is 2. The van der Waals surface area contributed by atoms with Crippen molar-refractivity contribution in [3.8, 4) is 10.8 Å². The zero-order chi connectivity index (χ0) is 11.1. The largest absolute Gasteiger partial charge is 0.475 e. The van der Waals surface area contributed by atoms with E-state index in [1.54, 1.807) is 11.3 Å². The number of carboxylic acids is 1. The first-order valence-electron chi connectivity index (χ1n) is 4.28. The molecule has 0 spiro atoms. The molecule has 0 aromatic carbocycles. The van der Waals surface area contributed by atoms with E-state index >= 15 is 0 Å². The molecule has 5 nitrogen and oxygen atoms in total. The van der Waals surface area contributed by atoms with Crippen molar-refractivity contribution in [2.24, 2.45) is 0 Å². The number of carbonyl (C=O) groups is 1. The third kappa shape index (κ3) is 1.41. The van der Waals surface area contributed by atoms with Crippen LogP contribution in [-0.4, -0.2) is 21.2 Å². The highest BCUT2D eigenvalue weighted by Gasteiger charge is 2.16. The Labute approximate surface area is 97.0 Å². The summed E-state index contributed by atoms with van der Waals surface area (Å²) in [6.07, 6.45) is 0. The summed E-state index contributed by atoms with van der Waals surface area (Å²) in [6, 6.07) is 3.92. The van der Waals surface area contributed by atoms with Gasteiger partial charge in [-0.3, -0.25) is 0 Å². The van der Waals surface area contributed by atoms with Gasteiger partial charge < -0.3 is 9.63 Å². The molecule has 0 aliphatic heterocycles. The van der Waals surface area contributed by atoms with Crippen molar-refractivity contribution in [2.75, 3.05) is 0 Å². The Kier molecular flexibility index (Phi) is 2.01. The molecule has 3 rings (SSSR count). The molecule has 0 aliphatic carbocycles. The minimum atomic E-state index is -1.19. The summed E-state index contributed by atoms with van der Waals surface area (Å²) in [5.41, 5.74) is 0. The highest BCUT2D eigenvalue weighted by atomic mass is 32.1. The Morgan fingerprint density at radius 2 is 2.31 bits per heavy atom. The lowest BCUT2D eigenvalue weighted by molar-refractivity contribution is 0.0680. The van der Waals surface area contributed by atoms with E-state index in [-0.39, 0.29) is 11.7 Å². The van der Waals surface area contributed by atoms with Gasteiger partial charge in [0, 0.05) is 9.40 Å². The molecular weight excluding hydrogens is 248 g/mol. The van der Waals surface area contributed by atoms with Gasteiger partial charge in [-0.2, -0.15) is 4.98 Å². The van der Waals surface area contributed by atoms with Crippen molar-refractivity contribution in [1.29, 1.82) is 0 Å². The van der Waals surface area contributed by atoms with Gasteiger partial charge in [-0.05, 0) is 22.7 Å². The molecule has 3 heterocycles. The van der Waals surface area contributed by atoms with Gasteiger partial charge in [0.15, 0.2) is 0 Å². The van der Waals surface area contributed by atoms with Crippen LogP contribution >= 0.6 is 22.7 Å². The number of thiophene rings is 2. The molecule has 16 heavy (non-hydrogen) atoms. The maximum atomic E-state index is 10.6. The molecule has 0 saturated carbocycles. The second-order valence-electron chi connectivity index (χ2n) is 2.99. The lowest BCUT2D eigenvalue weighted by Gasteiger charge is -1.82. The number of carboxylic acid groups (broad SMARTS) is 1. The van der Waals surface area contributed by atoms with Crippen LogP contribution in [-0.2, 0) is 0 Å². The Bertz CT molecular complexity index is 638. The van der Waals surface area contributed by atoms with Gasteiger partial charge in [-0.15, -0.1) is 22.7 Å². The molecule has 0 saturated heterocycles. The highest BCUT2D eigenvalue weighted by molar-refractivity contribution is 7.28. The Morgan fingerprint density at radius 3 is 3.00 bits per heavy atom. The number of hydrogen-bond acceptors (Lipinski definition) is 6. The average Bonchev–Trinajstić information content (AvgIpc) is 2.91. The van der Waals surface area contributed by atoms with Crippen LogP contribution in [0.3, 0.4) is 0 Å². The van der Waals surface area contributed by atoms with Gasteiger partial charge in [-0.25, -0.2) is 4.79 Å². The van der Waals surface area contributed by atoms with Crippen molar-refractivity contribution < 1.29 is 14.4 Å². The Balaban J connectivity index is 2.08. The summed E-state index contributed by atoms with van der Waals surface area (Å²) >= 11 is 3.12. The van der Waals surface area contributed by atoms with Gasteiger partial charge in [0.1, 0.15) is 0 Å². The quantitative estimate of drug-likeness (QED) is 0.758. The summed E-state index contributed by atoms with van der Waals surface area (Å²) in [5.74, 6) is -1.24. The minimum Gasteiger partial charge on any atom is -0.475 e. The second-order valence-corrected chi connectivity index (χ2v) is 5.02. The molecule has 0 fully saturated rings. The summed E-state index contributed by atoms with van der Waals surface area (Å²) < 4.78 is 7.15. The van der Waals surface area contributed by atoms with Crippen LogP contribution in [0.2, 0.25) is 0 Å². The van der Waals surface area contributed by atoms with Gasteiger partial charge in [0.2, 0.25) is 0 Å². The number of aromatic carboxylic acids is 1. The van der Waals surface area contributed by atoms with Crippen LogP contribution in [0.1, 0.15) is 10.6 Å². The summed E-state index contributed by atoms with van der Waals surface area (Å²) in [7, 11) is 0. The van der Waals surface area contributed by atoms with Crippen molar-refractivity contribution in [3.63, 3.8) is 0 Å². The molecule has 0 unspecified atom stereocenters. The lowest BCUT2D eigenvalue weighted by Crippen LogP contribution is -1.97. The number of hydrogen-bond donors (Lipinski definition) is 1. The second kappa shape index (κ2) is 3.39. The fraction of sp³-hybridized carbons (Fsp3) is 0. The molecule has 0 atom stereocenters. The first-order valence-corrected chi connectivity index (χ1v) is 5.98. The topological polar surface area (TPSA) is 76.2 Å². The number of aromatic nitrogens is 2. The predicted molar refractivity (Wildman–Crippen MR) is 60.0 cm³/mol. The maximum Gasteiger partial charge on any atom is 0.377 e. The predicted octanol–water partition coefficient (Wildman–Crippen LogP) is 2.71. The van der Waals surface area contributed by atoms with E-state index in [0.29, 0.717) is 0 Å². The monoisotopic (exact) mass is 252 g/mol. The fourth-order valence-electron chi connectivity index (χ4n) is 1.28. The smallest absolute Gasteiger partial charge is 0.377 e. The van der Waals surface area contributed by atoms with Gasteiger partial charge in [0.25, 0.3) is 11.7 Å². The van der Waals surface area contributed by atoms with Gasteiger partial charge in [-0.1, -0.05) is 0 Å². The fourth-order valence-corrected chi connectivity index (χ4v) is 3.31. The number of nitrogens with zero attached hydrogens (tertiary/aromatic N) is 2. The SMILES string of the molecule is O=C(O)c1noc(-c2cc3sccc3s2)n1. The summed E-state index contributed by atoms with van der Waals surface area (Å²) in [5, 5.41) is 14.0.